The van der Waals surface area contributed by atoms with Crippen LogP contribution in [0, 0.1) is 0 Å². The minimum atomic E-state index is 0.243. The van der Waals surface area contributed by atoms with E-state index in [1.165, 1.54) is 11.3 Å². The Labute approximate surface area is 126 Å². The molecule has 3 rings (SSSR count). The van der Waals surface area contributed by atoms with E-state index in [4.69, 9.17) is 0 Å². The third kappa shape index (κ3) is 3.46. The molecule has 0 bridgehead atoms. The molecule has 0 atom stereocenters. The van der Waals surface area contributed by atoms with Crippen LogP contribution in [0.3, 0.4) is 0 Å². The van der Waals surface area contributed by atoms with E-state index in [9.17, 15) is 5.11 Å². The van der Waals surface area contributed by atoms with Crippen LogP contribution in [0.1, 0.15) is 5.56 Å². The van der Waals surface area contributed by atoms with E-state index >= 15 is 0 Å². The van der Waals surface area contributed by atoms with Gasteiger partial charge >= 0.3 is 0 Å². The summed E-state index contributed by atoms with van der Waals surface area (Å²) in [7, 11) is 0. The Kier molecular flexibility index (Phi) is 3.93. The van der Waals surface area contributed by atoms with Crippen molar-refractivity contribution in [2.24, 2.45) is 5.10 Å². The van der Waals surface area contributed by atoms with Crippen LogP contribution in [-0.4, -0.2) is 16.3 Å². The molecule has 0 radical (unpaired) electrons. The van der Waals surface area contributed by atoms with Crippen molar-refractivity contribution in [2.75, 3.05) is 5.43 Å². The summed E-state index contributed by atoms with van der Waals surface area (Å²) in [6.45, 7) is 0. The van der Waals surface area contributed by atoms with Crippen molar-refractivity contribution in [1.82, 2.24) is 4.98 Å². The minimum absolute atomic E-state index is 0.243. The van der Waals surface area contributed by atoms with Crippen molar-refractivity contribution in [3.05, 3.63) is 65.5 Å². The molecule has 4 nitrogen and oxygen atoms in total. The molecule has 104 valence electrons. The van der Waals surface area contributed by atoms with E-state index < -0.39 is 0 Å². The highest BCUT2D eigenvalue weighted by atomic mass is 32.1. The highest BCUT2D eigenvalue weighted by Gasteiger charge is 2.02. The van der Waals surface area contributed by atoms with Crippen LogP contribution in [0.25, 0.3) is 11.3 Å². The van der Waals surface area contributed by atoms with Gasteiger partial charge in [0.05, 0.1) is 11.9 Å². The molecule has 2 N–H and O–H groups in total. The zero-order valence-electron chi connectivity index (χ0n) is 11.1. The Balaban J connectivity index is 1.66. The Morgan fingerprint density at radius 1 is 1.05 bits per heavy atom. The maximum atomic E-state index is 9.20. The normalized spacial score (nSPS) is 10.9. The fourth-order valence-electron chi connectivity index (χ4n) is 1.79. The quantitative estimate of drug-likeness (QED) is 0.566. The van der Waals surface area contributed by atoms with Gasteiger partial charge in [-0.25, -0.2) is 4.98 Å². The number of aromatic hydroxyl groups is 1. The average molecular weight is 295 g/mol. The predicted octanol–water partition coefficient (Wildman–Crippen LogP) is 3.96. The highest BCUT2D eigenvalue weighted by molar-refractivity contribution is 7.14. The van der Waals surface area contributed by atoms with Crippen LogP contribution in [0.15, 0.2) is 65.1 Å². The molecule has 0 fully saturated rings. The molecular weight excluding hydrogens is 282 g/mol. The molecule has 5 heteroatoms. The number of benzene rings is 2. The van der Waals surface area contributed by atoms with Gasteiger partial charge in [0.1, 0.15) is 5.75 Å². The number of nitrogens with one attached hydrogen (secondary N) is 1. The Morgan fingerprint density at radius 2 is 1.81 bits per heavy atom. The first-order chi connectivity index (χ1) is 10.3. The van der Waals surface area contributed by atoms with Crippen molar-refractivity contribution >= 4 is 22.7 Å². The molecule has 0 saturated heterocycles. The maximum Gasteiger partial charge on any atom is 0.203 e. The Morgan fingerprint density at radius 3 is 2.57 bits per heavy atom. The third-order valence-electron chi connectivity index (χ3n) is 2.84. The predicted molar refractivity (Wildman–Crippen MR) is 86.9 cm³/mol. The van der Waals surface area contributed by atoms with E-state index in [1.807, 2.05) is 35.7 Å². The largest absolute Gasteiger partial charge is 0.508 e. The lowest BCUT2D eigenvalue weighted by Gasteiger charge is -1.96. The summed E-state index contributed by atoms with van der Waals surface area (Å²) in [5.41, 5.74) is 5.84. The second-order valence-corrected chi connectivity index (χ2v) is 5.22. The second-order valence-electron chi connectivity index (χ2n) is 4.37. The van der Waals surface area contributed by atoms with Crippen LogP contribution >= 0.6 is 11.3 Å². The summed E-state index contributed by atoms with van der Waals surface area (Å²) in [5.74, 6) is 0.243. The number of anilines is 1. The lowest BCUT2D eigenvalue weighted by molar-refractivity contribution is 0.475. The number of hydrazone groups is 1. The molecule has 3 aromatic rings. The van der Waals surface area contributed by atoms with Gasteiger partial charge < -0.3 is 5.11 Å². The number of thiazole rings is 1. The summed E-state index contributed by atoms with van der Waals surface area (Å²) in [5, 5.41) is 16.1. The molecule has 0 saturated carbocycles. The van der Waals surface area contributed by atoms with Gasteiger partial charge in [-0.05, 0) is 29.8 Å². The van der Waals surface area contributed by atoms with E-state index in [-0.39, 0.29) is 5.75 Å². The van der Waals surface area contributed by atoms with E-state index in [0.29, 0.717) is 0 Å². The fourth-order valence-corrected chi connectivity index (χ4v) is 2.46. The Bertz CT molecular complexity index is 736. The molecule has 0 aliphatic carbocycles. The molecule has 0 amide bonds. The van der Waals surface area contributed by atoms with E-state index in [2.05, 4.69) is 15.5 Å². The van der Waals surface area contributed by atoms with Crippen LogP contribution in [-0.2, 0) is 0 Å². The summed E-state index contributed by atoms with van der Waals surface area (Å²) >= 11 is 1.51. The van der Waals surface area contributed by atoms with Crippen LogP contribution in [0.5, 0.6) is 5.75 Å². The monoisotopic (exact) mass is 295 g/mol. The number of phenols is 1. The van der Waals surface area contributed by atoms with Crippen molar-refractivity contribution in [1.29, 1.82) is 0 Å². The van der Waals surface area contributed by atoms with Gasteiger partial charge in [-0.1, -0.05) is 30.3 Å². The van der Waals surface area contributed by atoms with Crippen molar-refractivity contribution in [3.63, 3.8) is 0 Å². The number of phenolic OH excluding ortho intramolecular Hbond substituents is 1. The number of rotatable bonds is 4. The topological polar surface area (TPSA) is 57.5 Å². The summed E-state index contributed by atoms with van der Waals surface area (Å²) in [4.78, 5) is 4.48. The van der Waals surface area contributed by atoms with Gasteiger partial charge in [0.2, 0.25) is 5.13 Å². The minimum Gasteiger partial charge on any atom is -0.508 e. The SMILES string of the molecule is Oc1ccc(C=NNc2nc(-c3ccccc3)cs2)cc1. The van der Waals surface area contributed by atoms with E-state index in [0.717, 1.165) is 22.0 Å². The van der Waals surface area contributed by atoms with Crippen LogP contribution < -0.4 is 5.43 Å². The van der Waals surface area contributed by atoms with E-state index in [1.54, 1.807) is 30.5 Å². The molecule has 21 heavy (non-hydrogen) atoms. The average Bonchev–Trinajstić information content (AvgIpc) is 2.99. The van der Waals surface area contributed by atoms with Crippen LogP contribution in [0.2, 0.25) is 0 Å². The zero-order valence-corrected chi connectivity index (χ0v) is 11.9. The molecule has 1 aromatic heterocycles. The fraction of sp³-hybridized carbons (Fsp3) is 0. The number of hydrogen-bond acceptors (Lipinski definition) is 5. The van der Waals surface area contributed by atoms with Gasteiger partial charge in [0.25, 0.3) is 0 Å². The smallest absolute Gasteiger partial charge is 0.203 e. The second kappa shape index (κ2) is 6.19. The molecule has 0 aliphatic rings. The number of nitrogens with zero attached hydrogens (tertiary/aromatic N) is 2. The Hall–Kier alpha value is -2.66. The first-order valence-electron chi connectivity index (χ1n) is 6.40. The standard InChI is InChI=1S/C16H13N3OS/c20-14-8-6-12(7-9-14)10-17-19-16-18-15(11-21-16)13-4-2-1-3-5-13/h1-11,20H,(H,18,19). The third-order valence-corrected chi connectivity index (χ3v) is 3.59. The molecule has 2 aromatic carbocycles. The van der Waals surface area contributed by atoms with Crippen LogP contribution in [0.4, 0.5) is 5.13 Å². The molecule has 0 spiro atoms. The number of hydrogen-bond donors (Lipinski definition) is 2. The lowest BCUT2D eigenvalue weighted by atomic mass is 10.2. The van der Waals surface area contributed by atoms with Gasteiger partial charge in [-0.2, -0.15) is 5.10 Å². The summed E-state index contributed by atoms with van der Waals surface area (Å²) < 4.78 is 0. The molecule has 0 aliphatic heterocycles. The highest BCUT2D eigenvalue weighted by Crippen LogP contribution is 2.24. The van der Waals surface area contributed by atoms with Gasteiger partial charge in [-0.3, -0.25) is 5.43 Å². The molecular formula is C16H13N3OS. The van der Waals surface area contributed by atoms with Crippen molar-refractivity contribution in [3.8, 4) is 17.0 Å². The number of aromatic nitrogens is 1. The van der Waals surface area contributed by atoms with Gasteiger partial charge in [0, 0.05) is 10.9 Å². The molecule has 0 unspecified atom stereocenters. The first-order valence-corrected chi connectivity index (χ1v) is 7.28. The van der Waals surface area contributed by atoms with Gasteiger partial charge in [-0.15, -0.1) is 11.3 Å². The van der Waals surface area contributed by atoms with Gasteiger partial charge in [0.15, 0.2) is 0 Å². The first kappa shape index (κ1) is 13.3. The summed E-state index contributed by atoms with van der Waals surface area (Å²) in [6, 6.07) is 16.8. The maximum absolute atomic E-state index is 9.20. The molecule has 1 heterocycles. The summed E-state index contributed by atoms with van der Waals surface area (Å²) in [6.07, 6.45) is 1.68. The lowest BCUT2D eigenvalue weighted by Crippen LogP contribution is -1.89. The zero-order chi connectivity index (χ0) is 14.5. The van der Waals surface area contributed by atoms with Crippen molar-refractivity contribution < 1.29 is 5.11 Å². The van der Waals surface area contributed by atoms with Crippen molar-refractivity contribution in [2.45, 2.75) is 0 Å².